The van der Waals surface area contributed by atoms with E-state index in [1.807, 2.05) is 0 Å². The second kappa shape index (κ2) is 4.58. The zero-order valence-electron chi connectivity index (χ0n) is 9.03. The Morgan fingerprint density at radius 3 is 2.76 bits per heavy atom. The molecule has 88 valence electrons. The van der Waals surface area contributed by atoms with Crippen molar-refractivity contribution in [1.29, 1.82) is 0 Å². The van der Waals surface area contributed by atoms with Crippen molar-refractivity contribution in [3.63, 3.8) is 0 Å². The van der Waals surface area contributed by atoms with Gasteiger partial charge in [0.05, 0.1) is 6.07 Å². The van der Waals surface area contributed by atoms with Crippen LogP contribution in [0.4, 0.5) is 5.69 Å². The average molecular weight is 296 g/mol. The summed E-state index contributed by atoms with van der Waals surface area (Å²) in [6, 6.07) is 6.44. The first-order chi connectivity index (χ1) is 8.02. The highest BCUT2D eigenvalue weighted by molar-refractivity contribution is 9.10. The molecular formula is C11H10BrN3O2. The molecule has 0 unspecified atom stereocenters. The maximum absolute atomic E-state index is 11.2. The molecule has 1 aromatic heterocycles. The van der Waals surface area contributed by atoms with E-state index in [2.05, 4.69) is 25.9 Å². The summed E-state index contributed by atoms with van der Waals surface area (Å²) in [6.07, 6.45) is 0. The van der Waals surface area contributed by atoms with E-state index < -0.39 is 0 Å². The third-order valence-electron chi connectivity index (χ3n) is 1.95. The molecule has 0 aliphatic carbocycles. The number of nitrogen functional groups attached to an aromatic ring is 1. The molecule has 5 nitrogen and oxygen atoms in total. The Bertz CT molecular complexity index is 590. The third-order valence-corrected chi connectivity index (χ3v) is 2.41. The maximum atomic E-state index is 11.2. The molecule has 0 radical (unpaired) electrons. The van der Waals surface area contributed by atoms with Gasteiger partial charge in [0.15, 0.2) is 0 Å². The highest BCUT2D eigenvalue weighted by Crippen LogP contribution is 2.25. The van der Waals surface area contributed by atoms with Gasteiger partial charge in [-0.25, -0.2) is 4.98 Å². The van der Waals surface area contributed by atoms with Crippen LogP contribution in [-0.2, 0) is 0 Å². The molecule has 1 aromatic carbocycles. The molecule has 17 heavy (non-hydrogen) atoms. The molecule has 1 heterocycles. The van der Waals surface area contributed by atoms with E-state index >= 15 is 0 Å². The molecule has 0 aliphatic rings. The van der Waals surface area contributed by atoms with Gasteiger partial charge < -0.3 is 15.5 Å². The number of nitrogens with two attached hydrogens (primary N) is 1. The number of H-pyrrole nitrogens is 1. The van der Waals surface area contributed by atoms with Gasteiger partial charge in [0.25, 0.3) is 5.56 Å². The quantitative estimate of drug-likeness (QED) is 0.833. The summed E-state index contributed by atoms with van der Waals surface area (Å²) in [4.78, 5) is 17.8. The minimum Gasteiger partial charge on any atom is -0.439 e. The van der Waals surface area contributed by atoms with Gasteiger partial charge in [-0.1, -0.05) is 15.9 Å². The summed E-state index contributed by atoms with van der Waals surface area (Å²) in [7, 11) is 0. The van der Waals surface area contributed by atoms with Crippen LogP contribution in [0.3, 0.4) is 0 Å². The topological polar surface area (TPSA) is 81.0 Å². The lowest BCUT2D eigenvalue weighted by Crippen LogP contribution is -2.08. The van der Waals surface area contributed by atoms with Gasteiger partial charge in [0, 0.05) is 16.2 Å². The minimum absolute atomic E-state index is 0.240. The van der Waals surface area contributed by atoms with Crippen LogP contribution in [0.1, 0.15) is 5.82 Å². The molecular weight excluding hydrogens is 286 g/mol. The minimum atomic E-state index is -0.254. The molecule has 3 N–H and O–H groups in total. The molecule has 0 amide bonds. The van der Waals surface area contributed by atoms with Gasteiger partial charge in [-0.3, -0.25) is 4.79 Å². The normalized spacial score (nSPS) is 10.2. The first-order valence-electron chi connectivity index (χ1n) is 4.85. The predicted octanol–water partition coefficient (Wildman–Crippen LogP) is 2.22. The number of hydrogen-bond acceptors (Lipinski definition) is 4. The van der Waals surface area contributed by atoms with E-state index in [9.17, 15) is 4.79 Å². The number of nitrogens with one attached hydrogen (secondary N) is 1. The molecule has 2 rings (SSSR count). The van der Waals surface area contributed by atoms with Crippen molar-refractivity contribution in [2.45, 2.75) is 6.92 Å². The SMILES string of the molecule is Cc1nc(Oc2cc(N)cc(Br)c2)cc(=O)[nH]1. The Kier molecular flexibility index (Phi) is 3.14. The predicted molar refractivity (Wildman–Crippen MR) is 68.2 cm³/mol. The first kappa shape index (κ1) is 11.7. The number of aromatic nitrogens is 2. The Hall–Kier alpha value is -1.82. The van der Waals surface area contributed by atoms with Gasteiger partial charge in [0.2, 0.25) is 5.88 Å². The van der Waals surface area contributed by atoms with Gasteiger partial charge in [-0.15, -0.1) is 0 Å². The number of aryl methyl sites for hydroxylation is 1. The standard InChI is InChI=1S/C11H10BrN3O2/c1-6-14-10(16)5-11(15-6)17-9-3-7(12)2-8(13)4-9/h2-5H,13H2,1H3,(H,14,15,16). The van der Waals surface area contributed by atoms with Gasteiger partial charge >= 0.3 is 0 Å². The summed E-state index contributed by atoms with van der Waals surface area (Å²) in [5, 5.41) is 0. The lowest BCUT2D eigenvalue weighted by molar-refractivity contribution is 0.459. The summed E-state index contributed by atoms with van der Waals surface area (Å²) < 4.78 is 6.26. The number of benzene rings is 1. The van der Waals surface area contributed by atoms with Crippen LogP contribution in [-0.4, -0.2) is 9.97 Å². The Labute approximate surface area is 106 Å². The van der Waals surface area contributed by atoms with Crippen LogP contribution < -0.4 is 16.0 Å². The van der Waals surface area contributed by atoms with Gasteiger partial charge in [-0.05, 0) is 19.1 Å². The molecule has 0 fully saturated rings. The van der Waals surface area contributed by atoms with E-state index in [0.29, 0.717) is 17.3 Å². The first-order valence-corrected chi connectivity index (χ1v) is 5.64. The van der Waals surface area contributed by atoms with E-state index in [1.165, 1.54) is 6.07 Å². The molecule has 0 bridgehead atoms. The van der Waals surface area contributed by atoms with Crippen molar-refractivity contribution in [3.8, 4) is 11.6 Å². The molecule has 0 aliphatic heterocycles. The summed E-state index contributed by atoms with van der Waals surface area (Å²) in [6.45, 7) is 1.68. The fourth-order valence-electron chi connectivity index (χ4n) is 1.37. The number of ether oxygens (including phenoxy) is 1. The fraction of sp³-hybridized carbons (Fsp3) is 0.0909. The van der Waals surface area contributed by atoms with Crippen LogP contribution in [0.15, 0.2) is 33.5 Å². The summed E-state index contributed by atoms with van der Waals surface area (Å²) in [5.74, 6) is 1.26. The number of aromatic amines is 1. The molecule has 0 saturated carbocycles. The lowest BCUT2D eigenvalue weighted by Gasteiger charge is -2.06. The van der Waals surface area contributed by atoms with Crippen molar-refractivity contribution in [2.75, 3.05) is 5.73 Å². The Morgan fingerprint density at radius 2 is 2.12 bits per heavy atom. The van der Waals surface area contributed by atoms with Crippen molar-refractivity contribution in [1.82, 2.24) is 9.97 Å². The molecule has 6 heteroatoms. The van der Waals surface area contributed by atoms with E-state index in [1.54, 1.807) is 25.1 Å². The van der Waals surface area contributed by atoms with Crippen LogP contribution in [0, 0.1) is 6.92 Å². The summed E-state index contributed by atoms with van der Waals surface area (Å²) in [5.41, 5.74) is 5.99. The Morgan fingerprint density at radius 1 is 1.35 bits per heavy atom. The fourth-order valence-corrected chi connectivity index (χ4v) is 1.86. The Balaban J connectivity index is 2.34. The second-order valence-electron chi connectivity index (χ2n) is 3.49. The van der Waals surface area contributed by atoms with Crippen molar-refractivity contribution in [3.05, 3.63) is 44.9 Å². The van der Waals surface area contributed by atoms with Crippen LogP contribution in [0.25, 0.3) is 0 Å². The molecule has 0 atom stereocenters. The zero-order valence-corrected chi connectivity index (χ0v) is 10.6. The van der Waals surface area contributed by atoms with E-state index in [4.69, 9.17) is 10.5 Å². The summed E-state index contributed by atoms with van der Waals surface area (Å²) >= 11 is 3.31. The zero-order chi connectivity index (χ0) is 12.4. The monoisotopic (exact) mass is 295 g/mol. The maximum Gasteiger partial charge on any atom is 0.254 e. The van der Waals surface area contributed by atoms with Crippen LogP contribution >= 0.6 is 15.9 Å². The van der Waals surface area contributed by atoms with Crippen molar-refractivity contribution >= 4 is 21.6 Å². The molecule has 0 spiro atoms. The third kappa shape index (κ3) is 3.07. The number of nitrogens with zero attached hydrogens (tertiary/aromatic N) is 1. The van der Waals surface area contributed by atoms with Crippen molar-refractivity contribution in [2.24, 2.45) is 0 Å². The number of halogens is 1. The molecule has 0 saturated heterocycles. The highest BCUT2D eigenvalue weighted by atomic mass is 79.9. The van der Waals surface area contributed by atoms with Gasteiger partial charge in [-0.2, -0.15) is 0 Å². The van der Waals surface area contributed by atoms with Gasteiger partial charge in [0.1, 0.15) is 11.6 Å². The van der Waals surface area contributed by atoms with E-state index in [-0.39, 0.29) is 11.4 Å². The van der Waals surface area contributed by atoms with Crippen molar-refractivity contribution < 1.29 is 4.74 Å². The average Bonchev–Trinajstić information content (AvgIpc) is 2.13. The van der Waals surface area contributed by atoms with E-state index in [0.717, 1.165) is 4.47 Å². The second-order valence-corrected chi connectivity index (χ2v) is 4.41. The number of anilines is 1. The molecule has 2 aromatic rings. The number of rotatable bonds is 2. The number of hydrogen-bond donors (Lipinski definition) is 2. The lowest BCUT2D eigenvalue weighted by atomic mass is 10.3. The van der Waals surface area contributed by atoms with Crippen LogP contribution in [0.2, 0.25) is 0 Å². The smallest absolute Gasteiger partial charge is 0.254 e. The highest BCUT2D eigenvalue weighted by Gasteiger charge is 2.03. The largest absolute Gasteiger partial charge is 0.439 e. The van der Waals surface area contributed by atoms with Crippen LogP contribution in [0.5, 0.6) is 11.6 Å².